The first-order valence-corrected chi connectivity index (χ1v) is 9.22. The first-order valence-electron chi connectivity index (χ1n) is 8.40. The zero-order chi connectivity index (χ0) is 17.8. The van der Waals surface area contributed by atoms with Crippen LogP contribution >= 0.6 is 11.8 Å². The Morgan fingerprint density at radius 1 is 0.963 bits per heavy atom. The van der Waals surface area contributed by atoms with Gasteiger partial charge in [-0.3, -0.25) is 5.43 Å². The lowest BCUT2D eigenvalue weighted by atomic mass is 10.2. The molecule has 4 heterocycles. The lowest BCUT2D eigenvalue weighted by Crippen LogP contribution is -2.28. The lowest BCUT2D eigenvalue weighted by molar-refractivity contribution is 0.0829. The maximum absolute atomic E-state index is 6.07. The van der Waals surface area contributed by atoms with Crippen LogP contribution in [0, 0.1) is 0 Å². The van der Waals surface area contributed by atoms with Gasteiger partial charge in [-0.15, -0.1) is 10.2 Å². The summed E-state index contributed by atoms with van der Waals surface area (Å²) in [6.07, 6.45) is -0.371. The van der Waals surface area contributed by atoms with Gasteiger partial charge in [0.1, 0.15) is 11.6 Å². The van der Waals surface area contributed by atoms with Crippen molar-refractivity contribution in [1.82, 2.24) is 24.8 Å². The highest BCUT2D eigenvalue weighted by Crippen LogP contribution is 2.39. The van der Waals surface area contributed by atoms with Crippen LogP contribution in [0.2, 0.25) is 0 Å². The van der Waals surface area contributed by atoms with Crippen molar-refractivity contribution in [3.8, 4) is 11.5 Å². The molecule has 9 heteroatoms. The summed E-state index contributed by atoms with van der Waals surface area (Å²) in [6.45, 7) is 0.359. The van der Waals surface area contributed by atoms with Crippen LogP contribution in [0.3, 0.4) is 0 Å². The Morgan fingerprint density at radius 3 is 2.63 bits per heavy atom. The zero-order valence-electron chi connectivity index (χ0n) is 13.9. The highest BCUT2D eigenvalue weighted by molar-refractivity contribution is 7.99. The number of hydrogen-bond donors (Lipinski definition) is 1. The van der Waals surface area contributed by atoms with E-state index in [1.54, 1.807) is 4.68 Å². The predicted octanol–water partition coefficient (Wildman–Crippen LogP) is 3.07. The molecule has 8 nitrogen and oxygen atoms in total. The highest BCUT2D eigenvalue weighted by Gasteiger charge is 2.31. The van der Waals surface area contributed by atoms with Crippen LogP contribution in [0.1, 0.15) is 11.9 Å². The molecule has 1 N–H and O–H groups in total. The van der Waals surface area contributed by atoms with E-state index < -0.39 is 0 Å². The number of para-hydroxylation sites is 4. The SMILES string of the molecule is c1ccc2c(c1)OC[C@@H](c1nnc3n1Nc1nc4ccccc4nc1S3)O2. The van der Waals surface area contributed by atoms with E-state index in [4.69, 9.17) is 9.47 Å². The Bertz CT molecular complexity index is 1190. The topological polar surface area (TPSA) is 87.0 Å². The van der Waals surface area contributed by atoms with Gasteiger partial charge < -0.3 is 9.47 Å². The van der Waals surface area contributed by atoms with Crippen LogP contribution in [0.4, 0.5) is 5.82 Å². The van der Waals surface area contributed by atoms with Crippen molar-refractivity contribution in [3.63, 3.8) is 0 Å². The van der Waals surface area contributed by atoms with E-state index in [1.165, 1.54) is 11.8 Å². The molecule has 27 heavy (non-hydrogen) atoms. The summed E-state index contributed by atoms with van der Waals surface area (Å²) in [5.74, 6) is 2.73. The minimum Gasteiger partial charge on any atom is -0.485 e. The molecule has 2 aromatic heterocycles. The number of benzene rings is 2. The minimum absolute atomic E-state index is 0.359. The molecule has 4 aromatic rings. The Labute approximate surface area is 157 Å². The van der Waals surface area contributed by atoms with Crippen molar-refractivity contribution in [2.45, 2.75) is 16.3 Å². The molecule has 0 fully saturated rings. The van der Waals surface area contributed by atoms with E-state index in [2.05, 4.69) is 25.6 Å². The van der Waals surface area contributed by atoms with Crippen molar-refractivity contribution in [2.24, 2.45) is 0 Å². The summed E-state index contributed by atoms with van der Waals surface area (Å²) in [5.41, 5.74) is 4.94. The van der Waals surface area contributed by atoms with Crippen LogP contribution < -0.4 is 14.9 Å². The number of nitrogens with one attached hydrogen (secondary N) is 1. The molecule has 0 saturated heterocycles. The summed E-state index contributed by atoms with van der Waals surface area (Å²) < 4.78 is 13.7. The van der Waals surface area contributed by atoms with E-state index in [-0.39, 0.29) is 6.10 Å². The van der Waals surface area contributed by atoms with E-state index >= 15 is 0 Å². The van der Waals surface area contributed by atoms with Crippen molar-refractivity contribution in [1.29, 1.82) is 0 Å². The number of ether oxygens (including phenoxy) is 2. The molecule has 0 aliphatic carbocycles. The summed E-state index contributed by atoms with van der Waals surface area (Å²) >= 11 is 1.42. The maximum Gasteiger partial charge on any atom is 0.216 e. The van der Waals surface area contributed by atoms with Gasteiger partial charge in [0.05, 0.1) is 11.0 Å². The van der Waals surface area contributed by atoms with Gasteiger partial charge in [-0.2, -0.15) is 0 Å². The van der Waals surface area contributed by atoms with Gasteiger partial charge in [0, 0.05) is 0 Å². The van der Waals surface area contributed by atoms with Crippen molar-refractivity contribution < 1.29 is 9.47 Å². The molecule has 0 radical (unpaired) electrons. The van der Waals surface area contributed by atoms with Crippen LogP contribution in [-0.2, 0) is 0 Å². The predicted molar refractivity (Wildman–Crippen MR) is 98.0 cm³/mol. The fourth-order valence-corrected chi connectivity index (χ4v) is 3.94. The van der Waals surface area contributed by atoms with Gasteiger partial charge in [-0.1, -0.05) is 24.3 Å². The third-order valence-corrected chi connectivity index (χ3v) is 5.32. The van der Waals surface area contributed by atoms with E-state index in [9.17, 15) is 0 Å². The van der Waals surface area contributed by atoms with Crippen LogP contribution in [0.5, 0.6) is 11.5 Å². The van der Waals surface area contributed by atoms with Gasteiger partial charge in [-0.05, 0) is 36.0 Å². The molecule has 0 amide bonds. The molecule has 2 aromatic carbocycles. The molecule has 6 rings (SSSR count). The van der Waals surface area contributed by atoms with Crippen molar-refractivity contribution in [3.05, 3.63) is 54.4 Å². The summed E-state index contributed by atoms with van der Waals surface area (Å²) in [4.78, 5) is 9.34. The first kappa shape index (κ1) is 14.8. The van der Waals surface area contributed by atoms with E-state index in [0.717, 1.165) is 21.8 Å². The first-order chi connectivity index (χ1) is 13.3. The number of fused-ring (bicyclic) bond motifs is 4. The molecular weight excluding hydrogens is 364 g/mol. The fourth-order valence-electron chi connectivity index (χ4n) is 3.13. The molecular formula is C18H12N6O2S. The molecule has 0 saturated carbocycles. The highest BCUT2D eigenvalue weighted by atomic mass is 32.2. The number of rotatable bonds is 1. The third-order valence-electron chi connectivity index (χ3n) is 4.40. The summed E-state index contributed by atoms with van der Waals surface area (Å²) in [7, 11) is 0. The van der Waals surface area contributed by atoms with Crippen molar-refractivity contribution in [2.75, 3.05) is 12.0 Å². The zero-order valence-corrected chi connectivity index (χ0v) is 14.7. The number of aromatic nitrogens is 5. The van der Waals surface area contributed by atoms with Gasteiger partial charge in [0.25, 0.3) is 0 Å². The number of anilines is 1. The monoisotopic (exact) mass is 376 g/mol. The van der Waals surface area contributed by atoms with Gasteiger partial charge in [0.15, 0.2) is 29.2 Å². The average molecular weight is 376 g/mol. The second-order valence-electron chi connectivity index (χ2n) is 6.12. The molecule has 1 atom stereocenters. The molecule has 2 aliphatic heterocycles. The van der Waals surface area contributed by atoms with Crippen LogP contribution in [-0.4, -0.2) is 31.4 Å². The molecule has 132 valence electrons. The largest absolute Gasteiger partial charge is 0.485 e. The standard InChI is InChI=1S/C18H12N6O2S/c1-2-6-11-10(5-1)19-15-17(20-11)27-18-22-21-16(24(18)23-15)14-9-25-12-7-3-4-8-13(12)26-14/h1-8,14H,9H2,(H,19,23)/t14-/m0/s1. The van der Waals surface area contributed by atoms with Crippen LogP contribution in [0.15, 0.2) is 58.7 Å². The Balaban J connectivity index is 1.37. The average Bonchev–Trinajstić information content (AvgIpc) is 3.12. The Kier molecular flexibility index (Phi) is 3.06. The minimum atomic E-state index is -0.371. The van der Waals surface area contributed by atoms with Gasteiger partial charge >= 0.3 is 0 Å². The second-order valence-corrected chi connectivity index (χ2v) is 7.08. The number of hydrogen-bond acceptors (Lipinski definition) is 8. The molecule has 0 unspecified atom stereocenters. The molecule has 2 aliphatic rings. The normalized spacial score (nSPS) is 17.1. The Morgan fingerprint density at radius 2 is 1.74 bits per heavy atom. The Hall–Kier alpha value is -3.33. The lowest BCUT2D eigenvalue weighted by Gasteiger charge is -2.27. The quantitative estimate of drug-likeness (QED) is 0.478. The summed E-state index contributed by atoms with van der Waals surface area (Å²) in [6, 6.07) is 15.4. The third kappa shape index (κ3) is 2.32. The van der Waals surface area contributed by atoms with Crippen molar-refractivity contribution >= 4 is 28.6 Å². The smallest absolute Gasteiger partial charge is 0.216 e. The van der Waals surface area contributed by atoms with Gasteiger partial charge in [-0.25, -0.2) is 14.6 Å². The number of nitrogens with zero attached hydrogens (tertiary/aromatic N) is 5. The van der Waals surface area contributed by atoms with E-state index in [1.807, 2.05) is 48.5 Å². The van der Waals surface area contributed by atoms with Crippen LogP contribution in [0.25, 0.3) is 11.0 Å². The molecule has 0 bridgehead atoms. The fraction of sp³-hybridized carbons (Fsp3) is 0.111. The second kappa shape index (κ2) is 5.58. The maximum atomic E-state index is 6.07. The van der Waals surface area contributed by atoms with E-state index in [0.29, 0.717) is 29.2 Å². The molecule has 0 spiro atoms. The van der Waals surface area contributed by atoms with Gasteiger partial charge in [0.2, 0.25) is 5.16 Å². The summed E-state index contributed by atoms with van der Waals surface area (Å²) in [5, 5.41) is 10.0.